The molecule has 3 N–H and O–H groups in total. The average molecular weight is 495 g/mol. The van der Waals surface area contributed by atoms with Crippen molar-refractivity contribution in [1.29, 1.82) is 0 Å². The lowest BCUT2D eigenvalue weighted by molar-refractivity contribution is -0.192. The number of ether oxygens (including phenoxy) is 1. The van der Waals surface area contributed by atoms with Gasteiger partial charge >= 0.3 is 12.1 Å². The second-order valence-electron chi connectivity index (χ2n) is 8.08. The number of halogens is 3. The van der Waals surface area contributed by atoms with Crippen LogP contribution in [0.3, 0.4) is 0 Å². The minimum absolute atomic E-state index is 0.0505. The molecule has 14 heteroatoms. The molecule has 1 saturated heterocycles. The fourth-order valence-corrected chi connectivity index (χ4v) is 4.21. The number of aryl methyl sites for hydroxylation is 1. The molecule has 2 fully saturated rings. The molecular weight excluding hydrogens is 471 g/mol. The molecule has 188 valence electrons. The monoisotopic (exact) mass is 495 g/mol. The molecule has 35 heavy (non-hydrogen) atoms. The van der Waals surface area contributed by atoms with E-state index < -0.39 is 12.1 Å². The van der Waals surface area contributed by atoms with Crippen LogP contribution in [0.25, 0.3) is 16.9 Å². The molecule has 1 aliphatic carbocycles. The number of aliphatic carboxylic acids is 1. The Bertz CT molecular complexity index is 1290. The fraction of sp³-hybridized carbons (Fsp3) is 0.476. The second kappa shape index (κ2) is 9.52. The number of H-pyrrole nitrogens is 1. The van der Waals surface area contributed by atoms with Crippen LogP contribution in [-0.4, -0.2) is 74.5 Å². The van der Waals surface area contributed by atoms with E-state index in [2.05, 4.69) is 37.3 Å². The second-order valence-corrected chi connectivity index (χ2v) is 8.08. The zero-order valence-electron chi connectivity index (χ0n) is 19.0. The molecule has 0 aromatic carbocycles. The summed E-state index contributed by atoms with van der Waals surface area (Å²) in [5.41, 5.74) is 3.18. The molecule has 0 unspecified atom stereocenters. The Hall–Kier alpha value is -3.68. The van der Waals surface area contributed by atoms with Gasteiger partial charge in [-0.25, -0.2) is 9.78 Å². The maximum absolute atomic E-state index is 13.4. The number of piperazine rings is 1. The molecule has 0 amide bonds. The van der Waals surface area contributed by atoms with Crippen LogP contribution in [0, 0.1) is 0 Å². The van der Waals surface area contributed by atoms with Gasteiger partial charge in [0.1, 0.15) is 5.69 Å². The predicted molar refractivity (Wildman–Crippen MR) is 119 cm³/mol. The number of aromatic amines is 1. The highest BCUT2D eigenvalue weighted by molar-refractivity contribution is 5.76. The van der Waals surface area contributed by atoms with E-state index >= 15 is 0 Å². The van der Waals surface area contributed by atoms with Crippen LogP contribution >= 0.6 is 0 Å². The third kappa shape index (κ3) is 4.78. The summed E-state index contributed by atoms with van der Waals surface area (Å²) in [5, 5.41) is 19.7. The standard InChI is InChI=1S/C19H23N7O2.C2HF3O2/c1-3-12-17(25-9-8-20-13-4-5-14(13)25)18(27)16-19(22-12)24-26(23-16)11-6-7-21-15(10-11)28-2;3-2(4,5)1(6)7/h6-7,10,13-14,20H,3-5,8-9H2,1-2H3,(H,22,24);(H,6,7)/t13-,14-;/m0./s1. The maximum atomic E-state index is 13.4. The van der Waals surface area contributed by atoms with Crippen molar-refractivity contribution in [1.82, 2.24) is 30.3 Å². The van der Waals surface area contributed by atoms with Crippen LogP contribution < -0.4 is 20.4 Å². The van der Waals surface area contributed by atoms with E-state index in [0.717, 1.165) is 37.3 Å². The zero-order chi connectivity index (χ0) is 25.3. The van der Waals surface area contributed by atoms with Crippen LogP contribution in [0.15, 0.2) is 23.1 Å². The van der Waals surface area contributed by atoms with Gasteiger partial charge in [0.05, 0.1) is 12.8 Å². The van der Waals surface area contributed by atoms with E-state index in [1.807, 2.05) is 0 Å². The molecule has 2 atom stereocenters. The number of alkyl halides is 3. The summed E-state index contributed by atoms with van der Waals surface area (Å²) in [6.45, 7) is 3.78. The van der Waals surface area contributed by atoms with Gasteiger partial charge in [0.2, 0.25) is 11.3 Å². The molecule has 2 aliphatic rings. The van der Waals surface area contributed by atoms with Gasteiger partial charge in [-0.05, 0) is 25.3 Å². The van der Waals surface area contributed by atoms with Gasteiger partial charge in [0, 0.05) is 43.1 Å². The van der Waals surface area contributed by atoms with Gasteiger partial charge in [-0.15, -0.1) is 15.0 Å². The molecular formula is C21H24F3N7O4. The average Bonchev–Trinajstić information content (AvgIpc) is 3.24. The van der Waals surface area contributed by atoms with Gasteiger partial charge in [0.25, 0.3) is 0 Å². The van der Waals surface area contributed by atoms with Crippen molar-refractivity contribution in [3.05, 3.63) is 34.2 Å². The first-order valence-electron chi connectivity index (χ1n) is 11.0. The first-order chi connectivity index (χ1) is 16.6. The van der Waals surface area contributed by atoms with Crippen molar-refractivity contribution in [2.24, 2.45) is 0 Å². The number of anilines is 1. The minimum atomic E-state index is -5.08. The molecule has 5 rings (SSSR count). The Morgan fingerprint density at radius 2 is 2.06 bits per heavy atom. The summed E-state index contributed by atoms with van der Waals surface area (Å²) in [5.74, 6) is -2.29. The highest BCUT2D eigenvalue weighted by Gasteiger charge is 2.40. The van der Waals surface area contributed by atoms with E-state index in [1.54, 1.807) is 25.4 Å². The van der Waals surface area contributed by atoms with Crippen LogP contribution in [0.1, 0.15) is 25.5 Å². The summed E-state index contributed by atoms with van der Waals surface area (Å²) < 4.78 is 36.9. The number of aromatic nitrogens is 5. The smallest absolute Gasteiger partial charge is 0.481 e. The summed E-state index contributed by atoms with van der Waals surface area (Å²) in [6, 6.07) is 4.38. The molecule has 0 bridgehead atoms. The number of hydrogen-bond donors (Lipinski definition) is 3. The van der Waals surface area contributed by atoms with Crippen molar-refractivity contribution >= 4 is 22.8 Å². The van der Waals surface area contributed by atoms with Gasteiger partial charge < -0.3 is 25.0 Å². The quantitative estimate of drug-likeness (QED) is 0.493. The Balaban J connectivity index is 0.000000364. The first kappa shape index (κ1) is 24.4. The van der Waals surface area contributed by atoms with Gasteiger partial charge in [-0.1, -0.05) is 6.92 Å². The van der Waals surface area contributed by atoms with Crippen molar-refractivity contribution in [2.75, 3.05) is 25.1 Å². The van der Waals surface area contributed by atoms with Gasteiger partial charge in [0.15, 0.2) is 11.2 Å². The highest BCUT2D eigenvalue weighted by Crippen LogP contribution is 2.32. The molecule has 11 nitrogen and oxygen atoms in total. The lowest BCUT2D eigenvalue weighted by Crippen LogP contribution is -2.64. The molecule has 1 saturated carbocycles. The minimum Gasteiger partial charge on any atom is -0.481 e. The Kier molecular flexibility index (Phi) is 6.65. The third-order valence-corrected chi connectivity index (χ3v) is 6.04. The van der Waals surface area contributed by atoms with Crippen molar-refractivity contribution in [3.63, 3.8) is 0 Å². The number of pyridine rings is 2. The summed E-state index contributed by atoms with van der Waals surface area (Å²) in [7, 11) is 1.56. The van der Waals surface area contributed by atoms with E-state index in [-0.39, 0.29) is 5.43 Å². The molecule has 4 heterocycles. The Labute approximate surface area is 196 Å². The fourth-order valence-electron chi connectivity index (χ4n) is 4.21. The van der Waals surface area contributed by atoms with Crippen LogP contribution in [0.2, 0.25) is 0 Å². The largest absolute Gasteiger partial charge is 0.490 e. The maximum Gasteiger partial charge on any atom is 0.490 e. The van der Waals surface area contributed by atoms with Crippen LogP contribution in [0.4, 0.5) is 18.9 Å². The SMILES string of the molecule is CCc1[nH]c2nn(-c3ccnc(OC)c3)nc2c(=O)c1N1CCN[C@H]2CC[C@@H]21.O=C(O)C(F)(F)F. The van der Waals surface area contributed by atoms with Crippen molar-refractivity contribution in [3.8, 4) is 11.6 Å². The lowest BCUT2D eigenvalue weighted by Gasteiger charge is -2.50. The number of nitrogens with zero attached hydrogens (tertiary/aromatic N) is 5. The molecule has 0 spiro atoms. The molecule has 1 aliphatic heterocycles. The van der Waals surface area contributed by atoms with E-state index in [0.29, 0.717) is 34.8 Å². The highest BCUT2D eigenvalue weighted by atomic mass is 19.4. The number of carboxylic acids is 1. The zero-order valence-corrected chi connectivity index (χ0v) is 19.0. The number of hydrogen-bond acceptors (Lipinski definition) is 8. The molecule has 3 aromatic rings. The molecule has 0 radical (unpaired) electrons. The van der Waals surface area contributed by atoms with E-state index in [9.17, 15) is 18.0 Å². The molecule has 3 aromatic heterocycles. The summed E-state index contributed by atoms with van der Waals surface area (Å²) in [6.07, 6.45) is -0.438. The van der Waals surface area contributed by atoms with Crippen molar-refractivity contribution in [2.45, 2.75) is 44.4 Å². The normalized spacial score (nSPS) is 19.4. The number of carboxylic acid groups (broad SMARTS) is 1. The van der Waals surface area contributed by atoms with E-state index in [4.69, 9.17) is 14.6 Å². The number of methoxy groups -OCH3 is 1. The summed E-state index contributed by atoms with van der Waals surface area (Å²) >= 11 is 0. The number of carbonyl (C=O) groups is 1. The van der Waals surface area contributed by atoms with Crippen LogP contribution in [-0.2, 0) is 11.2 Å². The van der Waals surface area contributed by atoms with Gasteiger partial charge in [-0.3, -0.25) is 4.79 Å². The Morgan fingerprint density at radius 3 is 2.66 bits per heavy atom. The summed E-state index contributed by atoms with van der Waals surface area (Å²) in [4.78, 5) is 33.5. The number of nitrogens with one attached hydrogen (secondary N) is 2. The first-order valence-corrected chi connectivity index (χ1v) is 11.0. The van der Waals surface area contributed by atoms with E-state index in [1.165, 1.54) is 11.2 Å². The van der Waals surface area contributed by atoms with Crippen molar-refractivity contribution < 1.29 is 27.8 Å². The number of fused-ring (bicyclic) bond motifs is 2. The van der Waals surface area contributed by atoms with Gasteiger partial charge in [-0.2, -0.15) is 13.2 Å². The number of rotatable bonds is 4. The predicted octanol–water partition coefficient (Wildman–Crippen LogP) is 1.65. The Morgan fingerprint density at radius 1 is 1.31 bits per heavy atom. The lowest BCUT2D eigenvalue weighted by atomic mass is 9.83. The van der Waals surface area contributed by atoms with Crippen LogP contribution in [0.5, 0.6) is 5.88 Å². The third-order valence-electron chi connectivity index (χ3n) is 6.04. The topological polar surface area (TPSA) is 138 Å².